The van der Waals surface area contributed by atoms with E-state index in [0.717, 1.165) is 16.8 Å². The maximum absolute atomic E-state index is 12.4. The minimum absolute atomic E-state index is 0.286. The maximum Gasteiger partial charge on any atom is 0.357 e. The molecule has 2 aromatic carbocycles. The molecule has 3 rings (SSSR count). The molecule has 1 aromatic heterocycles. The molecule has 1 heterocycles. The molecule has 0 bridgehead atoms. The topological polar surface area (TPSA) is 52.1 Å². The monoisotopic (exact) mass is 318 g/mol. The molecule has 0 saturated carbocycles. The molecule has 0 spiro atoms. The molecular weight excluding hydrogens is 300 g/mol. The number of hydrogen-bond acceptors (Lipinski definition) is 4. The number of rotatable bonds is 4. The summed E-state index contributed by atoms with van der Waals surface area (Å²) in [5, 5.41) is 0. The zero-order valence-electron chi connectivity index (χ0n) is 13.7. The van der Waals surface area contributed by atoms with Gasteiger partial charge in [-0.2, -0.15) is 0 Å². The first-order valence-electron chi connectivity index (χ1n) is 7.85. The highest BCUT2D eigenvalue weighted by Gasteiger charge is 2.21. The number of esters is 1. The van der Waals surface area contributed by atoms with Crippen LogP contribution < -0.4 is 0 Å². The summed E-state index contributed by atoms with van der Waals surface area (Å²) in [5.41, 5.74) is 4.69. The summed E-state index contributed by atoms with van der Waals surface area (Å²) >= 11 is 0. The molecule has 0 aliphatic carbocycles. The smallest absolute Gasteiger partial charge is 0.357 e. The lowest BCUT2D eigenvalue weighted by Crippen LogP contribution is -2.10. The van der Waals surface area contributed by atoms with E-state index in [1.54, 1.807) is 6.92 Å². The van der Waals surface area contributed by atoms with Crippen molar-refractivity contribution < 1.29 is 9.53 Å². The molecule has 0 atom stereocenters. The highest BCUT2D eigenvalue weighted by molar-refractivity contribution is 5.99. The molecule has 24 heavy (non-hydrogen) atoms. The number of hydrogen-bond donors (Lipinski definition) is 0. The number of nitrogens with zero attached hydrogens (tertiary/aromatic N) is 2. The number of carbonyl (C=O) groups excluding carboxylic acids is 1. The molecule has 0 radical (unpaired) electrons. The van der Waals surface area contributed by atoms with Gasteiger partial charge in [-0.15, -0.1) is 0 Å². The second kappa shape index (κ2) is 7.04. The lowest BCUT2D eigenvalue weighted by atomic mass is 9.97. The molecule has 0 unspecified atom stereocenters. The van der Waals surface area contributed by atoms with Crippen molar-refractivity contribution in [3.8, 4) is 22.4 Å². The van der Waals surface area contributed by atoms with Crippen LogP contribution in [-0.2, 0) is 4.74 Å². The molecule has 4 nitrogen and oxygen atoms in total. The van der Waals surface area contributed by atoms with Crippen LogP contribution in [0.2, 0.25) is 0 Å². The highest BCUT2D eigenvalue weighted by atomic mass is 16.5. The lowest BCUT2D eigenvalue weighted by Gasteiger charge is -2.13. The Morgan fingerprint density at radius 2 is 1.67 bits per heavy atom. The normalized spacial score (nSPS) is 10.4. The van der Waals surface area contributed by atoms with Gasteiger partial charge in [0.05, 0.1) is 12.3 Å². The number of benzene rings is 2. The lowest BCUT2D eigenvalue weighted by molar-refractivity contribution is 0.0520. The molecule has 0 saturated heterocycles. The Morgan fingerprint density at radius 1 is 0.958 bits per heavy atom. The van der Waals surface area contributed by atoms with E-state index in [1.165, 1.54) is 11.9 Å². The maximum atomic E-state index is 12.4. The van der Waals surface area contributed by atoms with Crippen molar-refractivity contribution in [3.63, 3.8) is 0 Å². The Kier molecular flexibility index (Phi) is 4.66. The fourth-order valence-electron chi connectivity index (χ4n) is 2.55. The second-order valence-corrected chi connectivity index (χ2v) is 5.40. The van der Waals surface area contributed by atoms with Gasteiger partial charge < -0.3 is 4.74 Å². The minimum atomic E-state index is -0.438. The quantitative estimate of drug-likeness (QED) is 0.673. The summed E-state index contributed by atoms with van der Waals surface area (Å²) in [6.07, 6.45) is 1.41. The summed E-state index contributed by atoms with van der Waals surface area (Å²) in [6.45, 7) is 4.12. The van der Waals surface area contributed by atoms with Crippen LogP contribution in [0.15, 0.2) is 60.9 Å². The van der Waals surface area contributed by atoms with Crippen molar-refractivity contribution >= 4 is 5.97 Å². The molecule has 0 fully saturated rings. The fourth-order valence-corrected chi connectivity index (χ4v) is 2.55. The summed E-state index contributed by atoms with van der Waals surface area (Å²) in [4.78, 5) is 21.0. The first-order valence-corrected chi connectivity index (χ1v) is 7.85. The van der Waals surface area contributed by atoms with Gasteiger partial charge in [-0.05, 0) is 19.4 Å². The van der Waals surface area contributed by atoms with Crippen molar-refractivity contribution in [2.24, 2.45) is 0 Å². The van der Waals surface area contributed by atoms with Crippen LogP contribution in [0, 0.1) is 6.92 Å². The first-order chi connectivity index (χ1) is 11.7. The van der Waals surface area contributed by atoms with E-state index >= 15 is 0 Å². The van der Waals surface area contributed by atoms with Gasteiger partial charge in [-0.3, -0.25) is 0 Å². The summed E-state index contributed by atoms with van der Waals surface area (Å²) < 4.78 is 5.17. The predicted octanol–water partition coefficient (Wildman–Crippen LogP) is 4.30. The Morgan fingerprint density at radius 3 is 2.33 bits per heavy atom. The number of aromatic nitrogens is 2. The van der Waals surface area contributed by atoms with Crippen LogP contribution in [0.1, 0.15) is 23.0 Å². The zero-order chi connectivity index (χ0) is 16.9. The zero-order valence-corrected chi connectivity index (χ0v) is 13.7. The molecular formula is C20H18N2O2. The summed E-state index contributed by atoms with van der Waals surface area (Å²) in [6, 6.07) is 17.7. The van der Waals surface area contributed by atoms with Crippen LogP contribution in [0.25, 0.3) is 22.4 Å². The molecule has 4 heteroatoms. The Balaban J connectivity index is 2.24. The van der Waals surface area contributed by atoms with E-state index in [1.807, 2.05) is 61.5 Å². The number of ether oxygens (including phenoxy) is 1. The van der Waals surface area contributed by atoms with Crippen molar-refractivity contribution in [1.29, 1.82) is 0 Å². The third kappa shape index (κ3) is 3.18. The average molecular weight is 318 g/mol. The van der Waals surface area contributed by atoms with E-state index in [4.69, 9.17) is 4.74 Å². The van der Waals surface area contributed by atoms with Gasteiger partial charge in [-0.1, -0.05) is 60.2 Å². The predicted molar refractivity (Wildman–Crippen MR) is 93.6 cm³/mol. The third-order valence-electron chi connectivity index (χ3n) is 3.70. The average Bonchev–Trinajstić information content (AvgIpc) is 2.63. The van der Waals surface area contributed by atoms with E-state index in [2.05, 4.69) is 9.97 Å². The minimum Gasteiger partial charge on any atom is -0.461 e. The van der Waals surface area contributed by atoms with Gasteiger partial charge in [0.1, 0.15) is 6.33 Å². The molecule has 0 aliphatic heterocycles. The molecule has 0 N–H and O–H groups in total. The van der Waals surface area contributed by atoms with E-state index in [9.17, 15) is 4.79 Å². The van der Waals surface area contributed by atoms with Gasteiger partial charge in [0.2, 0.25) is 0 Å². The SMILES string of the molecule is CCOC(=O)c1ncnc(-c2ccc(C)cc2)c1-c1ccccc1. The molecule has 120 valence electrons. The van der Waals surface area contributed by atoms with E-state index in [-0.39, 0.29) is 5.69 Å². The van der Waals surface area contributed by atoms with Crippen molar-refractivity contribution in [3.05, 3.63) is 72.2 Å². The first kappa shape index (κ1) is 15.9. The van der Waals surface area contributed by atoms with Crippen LogP contribution in [0.3, 0.4) is 0 Å². The van der Waals surface area contributed by atoms with Gasteiger partial charge in [-0.25, -0.2) is 14.8 Å². The Labute approximate surface area is 141 Å². The van der Waals surface area contributed by atoms with Crippen molar-refractivity contribution in [1.82, 2.24) is 9.97 Å². The van der Waals surface area contributed by atoms with Gasteiger partial charge in [0, 0.05) is 11.1 Å². The van der Waals surface area contributed by atoms with Crippen LogP contribution in [-0.4, -0.2) is 22.5 Å². The van der Waals surface area contributed by atoms with Crippen molar-refractivity contribution in [2.75, 3.05) is 6.61 Å². The van der Waals surface area contributed by atoms with Gasteiger partial charge in [0.15, 0.2) is 5.69 Å². The highest BCUT2D eigenvalue weighted by Crippen LogP contribution is 2.32. The summed E-state index contributed by atoms with van der Waals surface area (Å²) in [7, 11) is 0. The number of carbonyl (C=O) groups is 1. The van der Waals surface area contributed by atoms with Gasteiger partial charge >= 0.3 is 5.97 Å². The largest absolute Gasteiger partial charge is 0.461 e. The van der Waals surface area contributed by atoms with Crippen LogP contribution in [0.4, 0.5) is 0 Å². The van der Waals surface area contributed by atoms with Crippen LogP contribution in [0.5, 0.6) is 0 Å². The fraction of sp³-hybridized carbons (Fsp3) is 0.150. The Bertz CT molecular complexity index is 843. The van der Waals surface area contributed by atoms with Gasteiger partial charge in [0.25, 0.3) is 0 Å². The molecule has 0 aliphatic rings. The second-order valence-electron chi connectivity index (χ2n) is 5.40. The van der Waals surface area contributed by atoms with Crippen LogP contribution >= 0.6 is 0 Å². The number of aryl methyl sites for hydroxylation is 1. The molecule has 0 amide bonds. The Hall–Kier alpha value is -3.01. The summed E-state index contributed by atoms with van der Waals surface area (Å²) in [5.74, 6) is -0.438. The standard InChI is InChI=1S/C20H18N2O2/c1-3-24-20(23)19-17(15-7-5-4-6-8-15)18(21-13-22-19)16-11-9-14(2)10-12-16/h4-13H,3H2,1-2H3. The van der Waals surface area contributed by atoms with E-state index < -0.39 is 5.97 Å². The van der Waals surface area contributed by atoms with Crippen molar-refractivity contribution in [2.45, 2.75) is 13.8 Å². The third-order valence-corrected chi connectivity index (χ3v) is 3.70. The molecule has 3 aromatic rings. The van der Waals surface area contributed by atoms with E-state index in [0.29, 0.717) is 12.2 Å².